The number of ether oxygens (including phenoxy) is 2. The zero-order chi connectivity index (χ0) is 13.1. The summed E-state index contributed by atoms with van der Waals surface area (Å²) in [7, 11) is 0. The number of rotatable bonds is 3. The zero-order valence-electron chi connectivity index (χ0n) is 11.4. The van der Waals surface area contributed by atoms with Gasteiger partial charge < -0.3 is 15.2 Å². The summed E-state index contributed by atoms with van der Waals surface area (Å²) in [6.45, 7) is 1.60. The highest BCUT2D eigenvalue weighted by atomic mass is 16.5. The molecule has 0 saturated heterocycles. The molecule has 2 N–H and O–H groups in total. The summed E-state index contributed by atoms with van der Waals surface area (Å²) in [5.74, 6) is 1.51. The Kier molecular flexibility index (Phi) is 4.04. The standard InChI is InChI=1S/C16H23NO2/c17-13-4-3-5-14(10-13)19-11-12-8-9-18-16-7-2-1-6-15(12)16/h1-2,6-7,12-14H,3-5,8-11,17H2. The van der Waals surface area contributed by atoms with Gasteiger partial charge in [0.05, 0.1) is 19.3 Å². The summed E-state index contributed by atoms with van der Waals surface area (Å²) in [6, 6.07) is 8.66. The Hall–Kier alpha value is -1.06. The van der Waals surface area contributed by atoms with Crippen LogP contribution in [0.25, 0.3) is 0 Å². The van der Waals surface area contributed by atoms with Crippen LogP contribution < -0.4 is 10.5 Å². The number of para-hydroxylation sites is 1. The van der Waals surface area contributed by atoms with E-state index in [9.17, 15) is 0 Å². The highest BCUT2D eigenvalue weighted by Crippen LogP contribution is 2.34. The lowest BCUT2D eigenvalue weighted by Crippen LogP contribution is -2.33. The van der Waals surface area contributed by atoms with Crippen molar-refractivity contribution < 1.29 is 9.47 Å². The van der Waals surface area contributed by atoms with Crippen LogP contribution in [0.15, 0.2) is 24.3 Å². The minimum atomic E-state index is 0.334. The van der Waals surface area contributed by atoms with Crippen molar-refractivity contribution in [1.82, 2.24) is 0 Å². The molecule has 3 heteroatoms. The molecule has 104 valence electrons. The van der Waals surface area contributed by atoms with Crippen molar-refractivity contribution in [3.63, 3.8) is 0 Å². The van der Waals surface area contributed by atoms with Crippen LogP contribution in [0.4, 0.5) is 0 Å². The van der Waals surface area contributed by atoms with Gasteiger partial charge in [0, 0.05) is 12.0 Å². The molecule has 2 aliphatic rings. The van der Waals surface area contributed by atoms with Gasteiger partial charge >= 0.3 is 0 Å². The predicted octanol–water partition coefficient (Wildman–Crippen LogP) is 2.84. The third-order valence-electron chi connectivity index (χ3n) is 4.28. The van der Waals surface area contributed by atoms with Crippen molar-refractivity contribution in [2.45, 2.75) is 50.2 Å². The normalized spacial score (nSPS) is 30.5. The fraction of sp³-hybridized carbons (Fsp3) is 0.625. The van der Waals surface area contributed by atoms with Crippen molar-refractivity contribution in [1.29, 1.82) is 0 Å². The molecule has 3 atom stereocenters. The third kappa shape index (κ3) is 3.10. The predicted molar refractivity (Wildman–Crippen MR) is 75.5 cm³/mol. The molecule has 3 unspecified atom stereocenters. The molecule has 0 radical (unpaired) electrons. The first-order valence-electron chi connectivity index (χ1n) is 7.42. The summed E-state index contributed by atoms with van der Waals surface area (Å²) >= 11 is 0. The van der Waals surface area contributed by atoms with Gasteiger partial charge in [0.15, 0.2) is 0 Å². The second-order valence-corrected chi connectivity index (χ2v) is 5.75. The van der Waals surface area contributed by atoms with E-state index in [1.807, 2.05) is 6.07 Å². The molecular formula is C16H23NO2. The van der Waals surface area contributed by atoms with E-state index >= 15 is 0 Å². The van der Waals surface area contributed by atoms with E-state index in [1.165, 1.54) is 18.4 Å². The van der Waals surface area contributed by atoms with Gasteiger partial charge in [0.1, 0.15) is 5.75 Å². The van der Waals surface area contributed by atoms with Gasteiger partial charge in [-0.3, -0.25) is 0 Å². The summed E-state index contributed by atoms with van der Waals surface area (Å²) < 4.78 is 11.8. The number of benzene rings is 1. The van der Waals surface area contributed by atoms with Gasteiger partial charge in [-0.1, -0.05) is 18.2 Å². The van der Waals surface area contributed by atoms with E-state index < -0.39 is 0 Å². The van der Waals surface area contributed by atoms with Crippen molar-refractivity contribution in [3.8, 4) is 5.75 Å². The number of fused-ring (bicyclic) bond motifs is 1. The van der Waals surface area contributed by atoms with Crippen LogP contribution in [-0.4, -0.2) is 25.4 Å². The lowest BCUT2D eigenvalue weighted by atomic mass is 9.92. The summed E-state index contributed by atoms with van der Waals surface area (Å²) in [5, 5.41) is 0. The molecule has 0 aromatic heterocycles. The van der Waals surface area contributed by atoms with E-state index in [2.05, 4.69) is 18.2 Å². The zero-order valence-corrected chi connectivity index (χ0v) is 11.4. The third-order valence-corrected chi connectivity index (χ3v) is 4.28. The summed E-state index contributed by atoms with van der Waals surface area (Å²) in [5.41, 5.74) is 7.31. The molecule has 1 aliphatic carbocycles. The molecular weight excluding hydrogens is 238 g/mol. The lowest BCUT2D eigenvalue weighted by molar-refractivity contribution is 0.0105. The first kappa shape index (κ1) is 12.9. The van der Waals surface area contributed by atoms with Gasteiger partial charge in [0.2, 0.25) is 0 Å². The Morgan fingerprint density at radius 3 is 3.00 bits per heavy atom. The summed E-state index contributed by atoms with van der Waals surface area (Å²) in [4.78, 5) is 0. The molecule has 1 heterocycles. The van der Waals surface area contributed by atoms with E-state index in [-0.39, 0.29) is 0 Å². The van der Waals surface area contributed by atoms with Gasteiger partial charge in [0.25, 0.3) is 0 Å². The molecule has 3 rings (SSSR count). The van der Waals surface area contributed by atoms with Crippen molar-refractivity contribution in [3.05, 3.63) is 29.8 Å². The van der Waals surface area contributed by atoms with E-state index in [1.54, 1.807) is 0 Å². The minimum Gasteiger partial charge on any atom is -0.493 e. The molecule has 0 bridgehead atoms. The first-order valence-corrected chi connectivity index (χ1v) is 7.42. The highest BCUT2D eigenvalue weighted by molar-refractivity contribution is 5.37. The second-order valence-electron chi connectivity index (χ2n) is 5.75. The van der Waals surface area contributed by atoms with E-state index in [4.69, 9.17) is 15.2 Å². The molecule has 1 aliphatic heterocycles. The molecule has 1 aromatic carbocycles. The first-order chi connectivity index (χ1) is 9.33. The minimum absolute atomic E-state index is 0.334. The fourth-order valence-corrected chi connectivity index (χ4v) is 3.17. The highest BCUT2D eigenvalue weighted by Gasteiger charge is 2.24. The Morgan fingerprint density at radius 1 is 1.21 bits per heavy atom. The second kappa shape index (κ2) is 5.93. The van der Waals surface area contributed by atoms with Crippen molar-refractivity contribution in [2.24, 2.45) is 5.73 Å². The average Bonchev–Trinajstić information content (AvgIpc) is 2.45. The Bertz CT molecular complexity index is 421. The number of hydrogen-bond acceptors (Lipinski definition) is 3. The maximum absolute atomic E-state index is 6.11. The number of nitrogens with two attached hydrogens (primary N) is 1. The fourth-order valence-electron chi connectivity index (χ4n) is 3.17. The van der Waals surface area contributed by atoms with Crippen LogP contribution in [0.2, 0.25) is 0 Å². The Balaban J connectivity index is 1.59. The van der Waals surface area contributed by atoms with Crippen molar-refractivity contribution >= 4 is 0 Å². The largest absolute Gasteiger partial charge is 0.493 e. The molecule has 1 saturated carbocycles. The average molecular weight is 261 g/mol. The summed E-state index contributed by atoms with van der Waals surface area (Å²) in [6.07, 6.45) is 5.95. The van der Waals surface area contributed by atoms with Crippen LogP contribution in [-0.2, 0) is 4.74 Å². The number of hydrogen-bond donors (Lipinski definition) is 1. The Labute approximate surface area is 115 Å². The van der Waals surface area contributed by atoms with Gasteiger partial charge in [-0.05, 0) is 43.7 Å². The molecule has 3 nitrogen and oxygen atoms in total. The SMILES string of the molecule is NC1CCCC(OCC2CCOc3ccccc32)C1. The molecule has 0 spiro atoms. The van der Waals surface area contributed by atoms with Gasteiger partial charge in [-0.15, -0.1) is 0 Å². The molecule has 1 aromatic rings. The monoisotopic (exact) mass is 261 g/mol. The van der Waals surface area contributed by atoms with E-state index in [0.29, 0.717) is 18.1 Å². The van der Waals surface area contributed by atoms with Gasteiger partial charge in [-0.2, -0.15) is 0 Å². The topological polar surface area (TPSA) is 44.5 Å². The molecule has 0 amide bonds. The Morgan fingerprint density at radius 2 is 2.11 bits per heavy atom. The van der Waals surface area contributed by atoms with Crippen LogP contribution in [0.3, 0.4) is 0 Å². The quantitative estimate of drug-likeness (QED) is 0.910. The lowest BCUT2D eigenvalue weighted by Gasteiger charge is -2.30. The van der Waals surface area contributed by atoms with Crippen LogP contribution in [0, 0.1) is 0 Å². The maximum Gasteiger partial charge on any atom is 0.122 e. The smallest absolute Gasteiger partial charge is 0.122 e. The molecule has 1 fully saturated rings. The van der Waals surface area contributed by atoms with Crippen LogP contribution in [0.1, 0.15) is 43.6 Å². The van der Waals surface area contributed by atoms with Gasteiger partial charge in [-0.25, -0.2) is 0 Å². The van der Waals surface area contributed by atoms with Crippen LogP contribution >= 0.6 is 0 Å². The van der Waals surface area contributed by atoms with Crippen LogP contribution in [0.5, 0.6) is 5.75 Å². The van der Waals surface area contributed by atoms with Crippen molar-refractivity contribution in [2.75, 3.05) is 13.2 Å². The molecule has 19 heavy (non-hydrogen) atoms. The maximum atomic E-state index is 6.11. The van der Waals surface area contributed by atoms with E-state index in [0.717, 1.165) is 38.2 Å².